The van der Waals surface area contributed by atoms with Gasteiger partial charge in [0.1, 0.15) is 6.04 Å². The van der Waals surface area contributed by atoms with Gasteiger partial charge in [-0.15, -0.1) is 11.3 Å². The average molecular weight is 368 g/mol. The van der Waals surface area contributed by atoms with Crippen molar-refractivity contribution >= 4 is 28.8 Å². The second kappa shape index (κ2) is 6.87. The average Bonchev–Trinajstić information content (AvgIpc) is 3.18. The van der Waals surface area contributed by atoms with Crippen molar-refractivity contribution in [1.82, 2.24) is 4.90 Å². The smallest absolute Gasteiger partial charge is 0.326 e. The molecule has 3 rings (SSSR count). The molecular weight excluding hydrogens is 353 g/mol. The highest BCUT2D eigenvalue weighted by molar-refractivity contribution is 7.09. The third-order valence-corrected chi connectivity index (χ3v) is 4.86. The van der Waals surface area contributed by atoms with Crippen LogP contribution in [0.25, 0.3) is 0 Å². The van der Waals surface area contributed by atoms with Gasteiger partial charge in [-0.05, 0) is 36.1 Å². The molecule has 0 saturated carbocycles. The van der Waals surface area contributed by atoms with E-state index in [4.69, 9.17) is 0 Å². The van der Waals surface area contributed by atoms with Crippen LogP contribution in [0.2, 0.25) is 0 Å². The molecule has 1 aliphatic heterocycles. The molecule has 4 nitrogen and oxygen atoms in total. The third kappa shape index (κ3) is 4.01. The number of nitrogens with one attached hydrogen (secondary N) is 1. The number of halogens is 3. The van der Waals surface area contributed by atoms with Crippen LogP contribution in [0.4, 0.5) is 18.9 Å². The van der Waals surface area contributed by atoms with E-state index in [1.807, 2.05) is 17.5 Å². The fourth-order valence-electron chi connectivity index (χ4n) is 2.77. The van der Waals surface area contributed by atoms with E-state index in [2.05, 4.69) is 5.32 Å². The Morgan fingerprint density at radius 1 is 1.28 bits per heavy atom. The molecule has 8 heteroatoms. The molecule has 1 N–H and O–H groups in total. The van der Waals surface area contributed by atoms with Crippen molar-refractivity contribution in [2.24, 2.45) is 0 Å². The van der Waals surface area contributed by atoms with Crippen LogP contribution in [0.5, 0.6) is 0 Å². The molecule has 1 aromatic carbocycles. The van der Waals surface area contributed by atoms with Gasteiger partial charge < -0.3 is 10.2 Å². The zero-order valence-corrected chi connectivity index (χ0v) is 13.9. The Morgan fingerprint density at radius 3 is 2.76 bits per heavy atom. The largest absolute Gasteiger partial charge is 0.416 e. The summed E-state index contributed by atoms with van der Waals surface area (Å²) in [7, 11) is 0. The number of alkyl halides is 3. The molecule has 1 saturated heterocycles. The number of nitrogens with zero attached hydrogens (tertiary/aromatic N) is 1. The molecule has 0 radical (unpaired) electrons. The predicted molar refractivity (Wildman–Crippen MR) is 88.0 cm³/mol. The quantitative estimate of drug-likeness (QED) is 0.890. The summed E-state index contributed by atoms with van der Waals surface area (Å²) in [5, 5.41) is 4.38. The molecule has 0 aliphatic carbocycles. The lowest BCUT2D eigenvalue weighted by Gasteiger charge is -2.23. The van der Waals surface area contributed by atoms with E-state index in [0.717, 1.165) is 17.0 Å². The van der Waals surface area contributed by atoms with Gasteiger partial charge in [-0.25, -0.2) is 0 Å². The Bertz CT molecular complexity index is 774. The molecule has 0 bridgehead atoms. The van der Waals surface area contributed by atoms with Crippen LogP contribution in [0.3, 0.4) is 0 Å². The Morgan fingerprint density at radius 2 is 2.08 bits per heavy atom. The maximum Gasteiger partial charge on any atom is 0.416 e. The van der Waals surface area contributed by atoms with Gasteiger partial charge in [0, 0.05) is 17.0 Å². The van der Waals surface area contributed by atoms with Crippen molar-refractivity contribution in [3.8, 4) is 0 Å². The number of likely N-dealkylation sites (tertiary alicyclic amines) is 1. The van der Waals surface area contributed by atoms with Gasteiger partial charge in [0.15, 0.2) is 0 Å². The van der Waals surface area contributed by atoms with Gasteiger partial charge in [-0.1, -0.05) is 12.1 Å². The molecule has 0 spiro atoms. The lowest BCUT2D eigenvalue weighted by atomic mass is 10.1. The van der Waals surface area contributed by atoms with Gasteiger partial charge >= 0.3 is 6.18 Å². The van der Waals surface area contributed by atoms with Gasteiger partial charge in [-0.2, -0.15) is 13.2 Å². The van der Waals surface area contributed by atoms with Gasteiger partial charge in [0.2, 0.25) is 11.8 Å². The summed E-state index contributed by atoms with van der Waals surface area (Å²) in [6.07, 6.45) is -3.86. The lowest BCUT2D eigenvalue weighted by molar-refractivity contribution is -0.137. The molecule has 1 aromatic heterocycles. The molecule has 1 atom stereocenters. The van der Waals surface area contributed by atoms with E-state index in [0.29, 0.717) is 13.0 Å². The summed E-state index contributed by atoms with van der Waals surface area (Å²) >= 11 is 1.48. The highest BCUT2D eigenvalue weighted by atomic mass is 32.1. The minimum atomic E-state index is -4.48. The Hall–Kier alpha value is -2.35. The summed E-state index contributed by atoms with van der Waals surface area (Å²) in [6, 6.07) is 7.52. The van der Waals surface area contributed by atoms with Crippen molar-refractivity contribution in [3.63, 3.8) is 0 Å². The first-order valence-electron chi connectivity index (χ1n) is 7.64. The molecule has 2 aromatic rings. The van der Waals surface area contributed by atoms with Crippen LogP contribution in [0.1, 0.15) is 23.3 Å². The zero-order valence-electron chi connectivity index (χ0n) is 13.0. The molecule has 1 fully saturated rings. The molecule has 2 amide bonds. The van der Waals surface area contributed by atoms with E-state index in [1.54, 1.807) is 0 Å². The molecule has 1 aliphatic rings. The third-order valence-electron chi connectivity index (χ3n) is 3.99. The Kier molecular flexibility index (Phi) is 4.80. The van der Waals surface area contributed by atoms with E-state index in [1.165, 1.54) is 28.4 Å². The number of benzene rings is 1. The first-order valence-corrected chi connectivity index (χ1v) is 8.52. The number of anilines is 1. The minimum Gasteiger partial charge on any atom is -0.326 e. The van der Waals surface area contributed by atoms with E-state index in [9.17, 15) is 22.8 Å². The van der Waals surface area contributed by atoms with Gasteiger partial charge in [0.25, 0.3) is 0 Å². The van der Waals surface area contributed by atoms with Crippen LogP contribution < -0.4 is 5.32 Å². The number of carbonyl (C=O) groups is 2. The highest BCUT2D eigenvalue weighted by Gasteiger charge is 2.36. The predicted octanol–water partition coefficient (Wildman–Crippen LogP) is 3.90. The number of hydrogen-bond donors (Lipinski definition) is 1. The first-order chi connectivity index (χ1) is 11.8. The first kappa shape index (κ1) is 17.5. The van der Waals surface area contributed by atoms with Crippen LogP contribution in [-0.4, -0.2) is 22.8 Å². The maximum absolute atomic E-state index is 12.8. The highest BCUT2D eigenvalue weighted by Crippen LogP contribution is 2.31. The SMILES string of the molecule is O=C(Nc1cccc(C(F)(F)F)c1)C1CCC(=O)N1Cc1cccs1. The fraction of sp³-hybridized carbons (Fsp3) is 0.294. The molecule has 1 unspecified atom stereocenters. The monoisotopic (exact) mass is 368 g/mol. The number of rotatable bonds is 4. The summed E-state index contributed by atoms with van der Waals surface area (Å²) in [6.45, 7) is 0.331. The summed E-state index contributed by atoms with van der Waals surface area (Å²) < 4.78 is 38.3. The standard InChI is InChI=1S/C17H15F3N2O2S/c18-17(19,20)11-3-1-4-12(9-11)21-16(24)14-6-7-15(23)22(14)10-13-5-2-8-25-13/h1-5,8-9,14H,6-7,10H2,(H,21,24). The topological polar surface area (TPSA) is 49.4 Å². The van der Waals surface area contributed by atoms with Crippen molar-refractivity contribution in [1.29, 1.82) is 0 Å². The van der Waals surface area contributed by atoms with Crippen LogP contribution in [0.15, 0.2) is 41.8 Å². The van der Waals surface area contributed by atoms with Crippen molar-refractivity contribution in [2.75, 3.05) is 5.32 Å². The Balaban J connectivity index is 1.73. The molecular formula is C17H15F3N2O2S. The van der Waals surface area contributed by atoms with Crippen LogP contribution in [0, 0.1) is 0 Å². The second-order valence-corrected chi connectivity index (χ2v) is 6.76. The normalized spacial score (nSPS) is 17.8. The molecule has 25 heavy (non-hydrogen) atoms. The zero-order chi connectivity index (χ0) is 18.0. The molecule has 132 valence electrons. The molecule has 2 heterocycles. The second-order valence-electron chi connectivity index (χ2n) is 5.72. The van der Waals surface area contributed by atoms with Crippen LogP contribution in [-0.2, 0) is 22.3 Å². The van der Waals surface area contributed by atoms with Crippen molar-refractivity contribution < 1.29 is 22.8 Å². The van der Waals surface area contributed by atoms with Gasteiger partial charge in [-0.3, -0.25) is 9.59 Å². The van der Waals surface area contributed by atoms with Crippen molar-refractivity contribution in [2.45, 2.75) is 31.6 Å². The minimum absolute atomic E-state index is 0.0650. The maximum atomic E-state index is 12.8. The van der Waals surface area contributed by atoms with E-state index < -0.39 is 23.7 Å². The Labute approximate surface area is 146 Å². The lowest BCUT2D eigenvalue weighted by Crippen LogP contribution is -2.41. The summed E-state index contributed by atoms with van der Waals surface area (Å²) in [4.78, 5) is 27.0. The van der Waals surface area contributed by atoms with Crippen molar-refractivity contribution in [3.05, 3.63) is 52.2 Å². The number of hydrogen-bond acceptors (Lipinski definition) is 3. The number of carbonyl (C=O) groups excluding carboxylic acids is 2. The fourth-order valence-corrected chi connectivity index (χ4v) is 3.48. The number of thiophene rings is 1. The van der Waals surface area contributed by atoms with E-state index in [-0.39, 0.29) is 18.0 Å². The summed E-state index contributed by atoms with van der Waals surface area (Å²) in [5.41, 5.74) is -0.765. The number of amides is 2. The summed E-state index contributed by atoms with van der Waals surface area (Å²) in [5.74, 6) is -0.598. The van der Waals surface area contributed by atoms with Gasteiger partial charge in [0.05, 0.1) is 12.1 Å². The van der Waals surface area contributed by atoms with E-state index >= 15 is 0 Å². The van der Waals surface area contributed by atoms with Crippen LogP contribution >= 0.6 is 11.3 Å².